The molecular weight excluding hydrogens is 216 g/mol. The Morgan fingerprint density at radius 3 is 2.76 bits per heavy atom. The van der Waals surface area contributed by atoms with Gasteiger partial charge >= 0.3 is 0 Å². The average molecular weight is 232 g/mol. The number of hydrogen-bond donors (Lipinski definition) is 1. The van der Waals surface area contributed by atoms with E-state index in [2.05, 4.69) is 10.1 Å². The van der Waals surface area contributed by atoms with E-state index in [1.807, 2.05) is 25.4 Å². The van der Waals surface area contributed by atoms with Gasteiger partial charge in [0.25, 0.3) is 0 Å². The van der Waals surface area contributed by atoms with Gasteiger partial charge in [0.05, 0.1) is 13.3 Å². The zero-order valence-corrected chi connectivity index (χ0v) is 10.00. The van der Waals surface area contributed by atoms with Crippen molar-refractivity contribution in [1.29, 1.82) is 0 Å². The number of nitrogens with zero attached hydrogens (tertiary/aromatic N) is 3. The standard InChI is InChI=1S/C12H16N4O/c1-16-8-10(7-15-16)11(13)5-9-3-4-12(17-2)14-6-9/h3-4,6-8,11H,5,13H2,1-2H3. The van der Waals surface area contributed by atoms with E-state index in [-0.39, 0.29) is 6.04 Å². The Kier molecular flexibility index (Phi) is 3.39. The second kappa shape index (κ2) is 4.97. The van der Waals surface area contributed by atoms with Crippen LogP contribution in [0.4, 0.5) is 0 Å². The monoisotopic (exact) mass is 232 g/mol. The normalized spacial score (nSPS) is 12.4. The minimum atomic E-state index is -0.0566. The molecule has 0 saturated heterocycles. The van der Waals surface area contributed by atoms with Crippen molar-refractivity contribution in [3.05, 3.63) is 41.9 Å². The lowest BCUT2D eigenvalue weighted by molar-refractivity contribution is 0.397. The van der Waals surface area contributed by atoms with Crippen molar-refractivity contribution in [3.8, 4) is 5.88 Å². The highest BCUT2D eigenvalue weighted by Gasteiger charge is 2.09. The number of aromatic nitrogens is 3. The van der Waals surface area contributed by atoms with Crippen LogP contribution in [-0.4, -0.2) is 21.9 Å². The van der Waals surface area contributed by atoms with Crippen LogP contribution < -0.4 is 10.5 Å². The molecule has 2 N–H and O–H groups in total. The first-order chi connectivity index (χ1) is 8.19. The lowest BCUT2D eigenvalue weighted by atomic mass is 10.0. The Bertz CT molecular complexity index is 478. The van der Waals surface area contributed by atoms with Crippen LogP contribution in [0.2, 0.25) is 0 Å². The lowest BCUT2D eigenvalue weighted by Gasteiger charge is -2.09. The zero-order chi connectivity index (χ0) is 12.3. The Hall–Kier alpha value is -1.88. The number of nitrogens with two attached hydrogens (primary N) is 1. The van der Waals surface area contributed by atoms with Crippen molar-refractivity contribution in [2.45, 2.75) is 12.5 Å². The van der Waals surface area contributed by atoms with Crippen LogP contribution in [0.1, 0.15) is 17.2 Å². The Balaban J connectivity index is 2.04. The summed E-state index contributed by atoms with van der Waals surface area (Å²) in [6.07, 6.45) is 6.25. The van der Waals surface area contributed by atoms with E-state index in [9.17, 15) is 0 Å². The molecule has 0 fully saturated rings. The van der Waals surface area contributed by atoms with E-state index < -0.39 is 0 Å². The van der Waals surface area contributed by atoms with E-state index in [4.69, 9.17) is 10.5 Å². The van der Waals surface area contributed by atoms with Gasteiger partial charge in [-0.15, -0.1) is 0 Å². The molecule has 0 radical (unpaired) electrons. The molecule has 0 bridgehead atoms. The van der Waals surface area contributed by atoms with Crippen LogP contribution in [0, 0.1) is 0 Å². The fourth-order valence-corrected chi connectivity index (χ4v) is 1.66. The number of hydrogen-bond acceptors (Lipinski definition) is 4. The van der Waals surface area contributed by atoms with E-state index >= 15 is 0 Å². The summed E-state index contributed by atoms with van der Waals surface area (Å²) < 4.78 is 6.76. The number of rotatable bonds is 4. The Morgan fingerprint density at radius 1 is 1.41 bits per heavy atom. The maximum atomic E-state index is 6.10. The molecule has 0 aliphatic rings. The van der Waals surface area contributed by atoms with Crippen molar-refractivity contribution < 1.29 is 4.74 Å². The van der Waals surface area contributed by atoms with Crippen LogP contribution >= 0.6 is 0 Å². The summed E-state index contributed by atoms with van der Waals surface area (Å²) in [6.45, 7) is 0. The fraction of sp³-hybridized carbons (Fsp3) is 0.333. The molecule has 0 aliphatic heterocycles. The van der Waals surface area contributed by atoms with Gasteiger partial charge in [0, 0.05) is 37.1 Å². The second-order valence-electron chi connectivity index (χ2n) is 3.97. The van der Waals surface area contributed by atoms with Crippen LogP contribution in [0.3, 0.4) is 0 Å². The molecule has 0 spiro atoms. The zero-order valence-electron chi connectivity index (χ0n) is 10.00. The summed E-state index contributed by atoms with van der Waals surface area (Å²) in [7, 11) is 3.48. The quantitative estimate of drug-likeness (QED) is 0.856. The van der Waals surface area contributed by atoms with Crippen molar-refractivity contribution in [2.24, 2.45) is 12.8 Å². The molecule has 17 heavy (non-hydrogen) atoms. The van der Waals surface area contributed by atoms with Gasteiger partial charge in [-0.2, -0.15) is 5.10 Å². The predicted octanol–water partition coefficient (Wildman–Crippen LogP) is 1.07. The largest absolute Gasteiger partial charge is 0.481 e. The van der Waals surface area contributed by atoms with Gasteiger partial charge < -0.3 is 10.5 Å². The Morgan fingerprint density at radius 2 is 2.24 bits per heavy atom. The molecule has 5 heteroatoms. The Labute approximate surface area is 100 Å². The molecular formula is C12H16N4O. The van der Waals surface area contributed by atoms with Gasteiger partial charge in [0.2, 0.25) is 5.88 Å². The van der Waals surface area contributed by atoms with E-state index in [1.54, 1.807) is 24.2 Å². The second-order valence-corrected chi connectivity index (χ2v) is 3.97. The average Bonchev–Trinajstić information content (AvgIpc) is 2.77. The molecule has 5 nitrogen and oxygen atoms in total. The first-order valence-electron chi connectivity index (χ1n) is 5.42. The molecule has 1 atom stereocenters. The third kappa shape index (κ3) is 2.82. The van der Waals surface area contributed by atoms with E-state index in [0.29, 0.717) is 5.88 Å². The highest BCUT2D eigenvalue weighted by Crippen LogP contribution is 2.16. The number of aryl methyl sites for hydroxylation is 1. The molecule has 0 aliphatic carbocycles. The van der Waals surface area contributed by atoms with Gasteiger partial charge in [0.1, 0.15) is 0 Å². The lowest BCUT2D eigenvalue weighted by Crippen LogP contribution is -2.12. The first-order valence-corrected chi connectivity index (χ1v) is 5.42. The van der Waals surface area contributed by atoms with Gasteiger partial charge in [-0.3, -0.25) is 4.68 Å². The van der Waals surface area contributed by atoms with Crippen molar-refractivity contribution in [1.82, 2.24) is 14.8 Å². The summed E-state index contributed by atoms with van der Waals surface area (Å²) >= 11 is 0. The minimum absolute atomic E-state index is 0.0566. The molecule has 2 rings (SSSR count). The SMILES string of the molecule is COc1ccc(CC(N)c2cnn(C)c2)cn1. The van der Waals surface area contributed by atoms with E-state index in [1.165, 1.54) is 0 Å². The summed E-state index contributed by atoms with van der Waals surface area (Å²) in [5, 5.41) is 4.11. The maximum absolute atomic E-state index is 6.10. The molecule has 0 aromatic carbocycles. The molecule has 2 heterocycles. The van der Waals surface area contributed by atoms with Gasteiger partial charge in [-0.25, -0.2) is 4.98 Å². The topological polar surface area (TPSA) is 66.0 Å². The minimum Gasteiger partial charge on any atom is -0.481 e. The smallest absolute Gasteiger partial charge is 0.212 e. The summed E-state index contributed by atoms with van der Waals surface area (Å²) in [6, 6.07) is 3.76. The molecule has 1 unspecified atom stereocenters. The van der Waals surface area contributed by atoms with Crippen LogP contribution in [0.15, 0.2) is 30.7 Å². The molecule has 0 saturated carbocycles. The van der Waals surface area contributed by atoms with Gasteiger partial charge in [-0.05, 0) is 12.0 Å². The molecule has 2 aromatic rings. The molecule has 0 amide bonds. The van der Waals surface area contributed by atoms with Crippen LogP contribution in [-0.2, 0) is 13.5 Å². The van der Waals surface area contributed by atoms with Gasteiger partial charge in [0.15, 0.2) is 0 Å². The maximum Gasteiger partial charge on any atom is 0.212 e. The summed E-state index contributed by atoms with van der Waals surface area (Å²) in [4.78, 5) is 4.15. The molecule has 2 aromatic heterocycles. The van der Waals surface area contributed by atoms with Crippen LogP contribution in [0.5, 0.6) is 5.88 Å². The fourth-order valence-electron chi connectivity index (χ4n) is 1.66. The highest BCUT2D eigenvalue weighted by atomic mass is 16.5. The van der Waals surface area contributed by atoms with Crippen molar-refractivity contribution >= 4 is 0 Å². The first kappa shape index (κ1) is 11.6. The van der Waals surface area contributed by atoms with E-state index in [0.717, 1.165) is 17.5 Å². The summed E-state index contributed by atoms with van der Waals surface area (Å²) in [5.41, 5.74) is 8.21. The number of pyridine rings is 1. The third-order valence-corrected chi connectivity index (χ3v) is 2.62. The van der Waals surface area contributed by atoms with Crippen molar-refractivity contribution in [3.63, 3.8) is 0 Å². The number of ether oxygens (including phenoxy) is 1. The number of methoxy groups -OCH3 is 1. The van der Waals surface area contributed by atoms with Gasteiger partial charge in [-0.1, -0.05) is 6.07 Å². The highest BCUT2D eigenvalue weighted by molar-refractivity contribution is 5.21. The third-order valence-electron chi connectivity index (χ3n) is 2.62. The summed E-state index contributed by atoms with van der Waals surface area (Å²) in [5.74, 6) is 0.615. The van der Waals surface area contributed by atoms with Crippen molar-refractivity contribution in [2.75, 3.05) is 7.11 Å². The predicted molar refractivity (Wildman–Crippen MR) is 64.6 cm³/mol. The van der Waals surface area contributed by atoms with Crippen LogP contribution in [0.25, 0.3) is 0 Å². The molecule has 90 valence electrons.